The Morgan fingerprint density at radius 3 is 2.21 bits per heavy atom. The summed E-state index contributed by atoms with van der Waals surface area (Å²) < 4.78 is 2.08. The molecule has 0 saturated heterocycles. The predicted molar refractivity (Wildman–Crippen MR) is 116 cm³/mol. The molecule has 4 nitrogen and oxygen atoms in total. The van der Waals surface area contributed by atoms with E-state index in [1.165, 1.54) is 16.8 Å². The molecule has 0 unspecified atom stereocenters. The van der Waals surface area contributed by atoms with E-state index in [0.29, 0.717) is 0 Å². The molecule has 1 aromatic heterocycles. The number of hydrogen-bond acceptors (Lipinski definition) is 3. The average molecular weight is 375 g/mol. The van der Waals surface area contributed by atoms with E-state index in [9.17, 15) is 0 Å². The highest BCUT2D eigenvalue weighted by Gasteiger charge is 2.33. The maximum Gasteiger partial charge on any atom is 0.123 e. The third-order valence-corrected chi connectivity index (χ3v) is 5.95. The summed E-state index contributed by atoms with van der Waals surface area (Å²) in [6, 6.07) is 17.3. The van der Waals surface area contributed by atoms with Crippen LogP contribution >= 0.6 is 0 Å². The third-order valence-electron chi connectivity index (χ3n) is 5.95. The number of hydrogen-bond donors (Lipinski definition) is 0. The van der Waals surface area contributed by atoms with E-state index >= 15 is 0 Å². The fourth-order valence-corrected chi connectivity index (χ4v) is 3.96. The number of aromatic nitrogens is 3. The van der Waals surface area contributed by atoms with E-state index in [4.69, 9.17) is 5.10 Å². The van der Waals surface area contributed by atoms with Crippen molar-refractivity contribution in [3.63, 3.8) is 0 Å². The number of para-hydroxylation sites is 1. The van der Waals surface area contributed by atoms with Gasteiger partial charge in [0.15, 0.2) is 0 Å². The smallest absolute Gasteiger partial charge is 0.123 e. The molecule has 2 aromatic carbocycles. The van der Waals surface area contributed by atoms with Gasteiger partial charge in [-0.05, 0) is 52.7 Å². The number of anilines is 1. The molecule has 0 bridgehead atoms. The summed E-state index contributed by atoms with van der Waals surface area (Å²) in [5, 5.41) is 9.30. The lowest BCUT2D eigenvalue weighted by atomic mass is 9.90. The largest absolute Gasteiger partial charge is 0.362 e. The molecule has 2 heterocycles. The van der Waals surface area contributed by atoms with Crippen LogP contribution in [0.2, 0.25) is 0 Å². The van der Waals surface area contributed by atoms with Crippen LogP contribution < -0.4 is 4.90 Å². The van der Waals surface area contributed by atoms with E-state index in [2.05, 4.69) is 105 Å². The van der Waals surface area contributed by atoms with Crippen molar-refractivity contribution in [2.45, 2.75) is 65.6 Å². The molecule has 4 rings (SSSR count). The van der Waals surface area contributed by atoms with Gasteiger partial charge in [0, 0.05) is 28.9 Å². The first-order chi connectivity index (χ1) is 13.2. The lowest BCUT2D eigenvalue weighted by Crippen LogP contribution is -2.43. The summed E-state index contributed by atoms with van der Waals surface area (Å²) in [5.74, 6) is 0. The molecule has 1 aliphatic rings. The standard InChI is InChI=1S/C24H30N4/c1-7-24(5,6)27-16-17-12-8-9-13-18(17)22-21(19-14-10-11-15-20(19)27)25-26-28(22)23(2,3)4/h8-15H,7,16H2,1-6H3. The van der Waals surface area contributed by atoms with Crippen molar-refractivity contribution in [2.75, 3.05) is 4.90 Å². The fourth-order valence-electron chi connectivity index (χ4n) is 3.96. The zero-order valence-corrected chi connectivity index (χ0v) is 17.8. The van der Waals surface area contributed by atoms with Gasteiger partial charge in [-0.15, -0.1) is 5.10 Å². The Labute approximate surface area is 168 Å². The van der Waals surface area contributed by atoms with Crippen molar-refractivity contribution in [1.29, 1.82) is 0 Å². The Kier molecular flexibility index (Phi) is 4.33. The molecule has 0 atom stereocenters. The molecule has 146 valence electrons. The Balaban J connectivity index is 2.09. The van der Waals surface area contributed by atoms with Crippen LogP contribution in [0.25, 0.3) is 22.5 Å². The van der Waals surface area contributed by atoms with Gasteiger partial charge in [-0.25, -0.2) is 4.68 Å². The van der Waals surface area contributed by atoms with Crippen LogP contribution in [0, 0.1) is 0 Å². The zero-order valence-electron chi connectivity index (χ0n) is 17.8. The second kappa shape index (κ2) is 6.47. The van der Waals surface area contributed by atoms with Crippen molar-refractivity contribution >= 4 is 5.69 Å². The van der Waals surface area contributed by atoms with Crippen molar-refractivity contribution in [3.8, 4) is 22.5 Å². The van der Waals surface area contributed by atoms with E-state index in [1.54, 1.807) is 0 Å². The molecule has 1 aliphatic heterocycles. The van der Waals surface area contributed by atoms with Gasteiger partial charge in [0.05, 0.1) is 11.2 Å². The van der Waals surface area contributed by atoms with Gasteiger partial charge in [-0.1, -0.05) is 54.6 Å². The number of benzene rings is 2. The van der Waals surface area contributed by atoms with Crippen LogP contribution in [0.5, 0.6) is 0 Å². The van der Waals surface area contributed by atoms with Crippen LogP contribution in [0.4, 0.5) is 5.69 Å². The normalized spacial score (nSPS) is 14.0. The van der Waals surface area contributed by atoms with E-state index < -0.39 is 0 Å². The molecule has 0 aliphatic carbocycles. The average Bonchev–Trinajstić information content (AvgIpc) is 3.10. The van der Waals surface area contributed by atoms with Crippen LogP contribution in [0.3, 0.4) is 0 Å². The maximum absolute atomic E-state index is 4.69. The highest BCUT2D eigenvalue weighted by Crippen LogP contribution is 2.44. The van der Waals surface area contributed by atoms with Crippen molar-refractivity contribution < 1.29 is 0 Å². The van der Waals surface area contributed by atoms with Gasteiger partial charge in [0.25, 0.3) is 0 Å². The lowest BCUT2D eigenvalue weighted by molar-refractivity contribution is 0.351. The minimum atomic E-state index is -0.149. The van der Waals surface area contributed by atoms with Crippen LogP contribution in [0.15, 0.2) is 48.5 Å². The second-order valence-corrected chi connectivity index (χ2v) is 9.30. The predicted octanol–water partition coefficient (Wildman–Crippen LogP) is 5.88. The summed E-state index contributed by atoms with van der Waals surface area (Å²) in [7, 11) is 0. The molecule has 0 fully saturated rings. The minimum absolute atomic E-state index is 0.0285. The monoisotopic (exact) mass is 374 g/mol. The van der Waals surface area contributed by atoms with Crippen molar-refractivity contribution in [1.82, 2.24) is 15.0 Å². The summed E-state index contributed by atoms with van der Waals surface area (Å²) in [6.45, 7) is 14.3. The van der Waals surface area contributed by atoms with Gasteiger partial charge in [0.1, 0.15) is 5.69 Å². The SMILES string of the molecule is CCC(C)(C)N1Cc2ccccc2-c2c(nnn2C(C)(C)C)-c2ccccc21. The Morgan fingerprint density at radius 1 is 0.893 bits per heavy atom. The van der Waals surface area contributed by atoms with E-state index in [-0.39, 0.29) is 11.1 Å². The molecular formula is C24H30N4. The summed E-state index contributed by atoms with van der Waals surface area (Å²) in [4.78, 5) is 2.53. The number of rotatable bonds is 2. The lowest BCUT2D eigenvalue weighted by Gasteiger charge is -2.42. The van der Waals surface area contributed by atoms with Crippen molar-refractivity contribution in [3.05, 3.63) is 54.1 Å². The van der Waals surface area contributed by atoms with E-state index in [1.807, 2.05) is 0 Å². The molecule has 0 spiro atoms. The minimum Gasteiger partial charge on any atom is -0.362 e. The molecular weight excluding hydrogens is 344 g/mol. The maximum atomic E-state index is 4.69. The second-order valence-electron chi connectivity index (χ2n) is 9.30. The molecule has 3 aromatic rings. The molecule has 0 N–H and O–H groups in total. The van der Waals surface area contributed by atoms with E-state index in [0.717, 1.165) is 29.9 Å². The first kappa shape index (κ1) is 18.7. The molecule has 0 saturated carbocycles. The van der Waals surface area contributed by atoms with Gasteiger partial charge in [0.2, 0.25) is 0 Å². The van der Waals surface area contributed by atoms with Crippen LogP contribution in [-0.2, 0) is 12.1 Å². The summed E-state index contributed by atoms with van der Waals surface area (Å²) in [5.41, 5.74) is 6.89. The van der Waals surface area contributed by atoms with Crippen LogP contribution in [-0.4, -0.2) is 20.5 Å². The van der Waals surface area contributed by atoms with Crippen molar-refractivity contribution in [2.24, 2.45) is 0 Å². The van der Waals surface area contributed by atoms with Gasteiger partial charge < -0.3 is 4.90 Å². The Bertz CT molecular complexity index is 1010. The third kappa shape index (κ3) is 2.92. The fraction of sp³-hybridized carbons (Fsp3) is 0.417. The topological polar surface area (TPSA) is 34.0 Å². The Hall–Kier alpha value is -2.62. The van der Waals surface area contributed by atoms with Gasteiger partial charge >= 0.3 is 0 Å². The molecule has 0 amide bonds. The Morgan fingerprint density at radius 2 is 1.54 bits per heavy atom. The van der Waals surface area contributed by atoms with Gasteiger partial charge in [-0.3, -0.25) is 0 Å². The quantitative estimate of drug-likeness (QED) is 0.562. The van der Waals surface area contributed by atoms with Crippen LogP contribution in [0.1, 0.15) is 53.5 Å². The zero-order chi connectivity index (χ0) is 20.1. The van der Waals surface area contributed by atoms with Gasteiger partial charge in [-0.2, -0.15) is 0 Å². The highest BCUT2D eigenvalue weighted by atomic mass is 15.5. The number of fused-ring (bicyclic) bond motifs is 5. The molecule has 0 radical (unpaired) electrons. The first-order valence-corrected chi connectivity index (χ1v) is 10.2. The first-order valence-electron chi connectivity index (χ1n) is 10.2. The summed E-state index contributed by atoms with van der Waals surface area (Å²) in [6.07, 6.45) is 1.06. The molecule has 4 heteroatoms. The summed E-state index contributed by atoms with van der Waals surface area (Å²) >= 11 is 0. The number of nitrogens with zero attached hydrogens (tertiary/aromatic N) is 4. The highest BCUT2D eigenvalue weighted by molar-refractivity contribution is 5.88. The molecule has 28 heavy (non-hydrogen) atoms.